The van der Waals surface area contributed by atoms with Crippen molar-refractivity contribution in [2.45, 2.75) is 6.92 Å². The summed E-state index contributed by atoms with van der Waals surface area (Å²) in [6.45, 7) is 1.98. The van der Waals surface area contributed by atoms with E-state index in [0.29, 0.717) is 10.0 Å². The Morgan fingerprint density at radius 1 is 1.31 bits per heavy atom. The lowest BCUT2D eigenvalue weighted by Crippen LogP contribution is -1.72. The van der Waals surface area contributed by atoms with Crippen LogP contribution in [-0.2, 0) is 0 Å². The monoisotopic (exact) mass is 277 g/mol. The molecule has 0 spiro atoms. The quantitative estimate of drug-likeness (QED) is 0.728. The fourth-order valence-electron chi connectivity index (χ4n) is 1.30. The van der Waals surface area contributed by atoms with E-state index in [-0.39, 0.29) is 0 Å². The summed E-state index contributed by atoms with van der Waals surface area (Å²) < 4.78 is 1.04. The summed E-state index contributed by atoms with van der Waals surface area (Å²) in [6, 6.07) is 3.74. The van der Waals surface area contributed by atoms with Crippen LogP contribution in [0.3, 0.4) is 0 Å². The number of aromatic nitrogens is 1. The van der Waals surface area contributed by atoms with Crippen molar-refractivity contribution in [3.8, 4) is 0 Å². The molecule has 68 valence electrons. The molecule has 4 heteroatoms. The van der Waals surface area contributed by atoms with Crippen molar-refractivity contribution < 1.29 is 0 Å². The zero-order valence-corrected chi connectivity index (χ0v) is 9.89. The largest absolute Gasteiger partial charge is 0.356 e. The van der Waals surface area contributed by atoms with E-state index in [1.165, 1.54) is 0 Å². The Kier molecular flexibility index (Phi) is 2.30. The molecular weight excluding hydrogens is 273 g/mol. The summed E-state index contributed by atoms with van der Waals surface area (Å²) in [7, 11) is 0. The van der Waals surface area contributed by atoms with Gasteiger partial charge in [-0.2, -0.15) is 0 Å². The summed E-state index contributed by atoms with van der Waals surface area (Å²) in [5.74, 6) is 0. The molecule has 0 aliphatic rings. The van der Waals surface area contributed by atoms with E-state index in [1.807, 2.05) is 13.0 Å². The molecule has 0 bridgehead atoms. The molecule has 1 aromatic heterocycles. The van der Waals surface area contributed by atoms with E-state index in [4.69, 9.17) is 23.2 Å². The van der Waals surface area contributed by atoms with Crippen LogP contribution < -0.4 is 0 Å². The van der Waals surface area contributed by atoms with Crippen LogP contribution in [0, 0.1) is 6.92 Å². The molecule has 0 amide bonds. The number of fused-ring (bicyclic) bond motifs is 1. The first-order chi connectivity index (χ1) is 6.11. The molecule has 0 unspecified atom stereocenters. The first-order valence-electron chi connectivity index (χ1n) is 3.73. The molecule has 2 aromatic rings. The third-order valence-corrected chi connectivity index (χ3v) is 3.80. The highest BCUT2D eigenvalue weighted by molar-refractivity contribution is 9.10. The average Bonchev–Trinajstić information content (AvgIpc) is 2.38. The van der Waals surface area contributed by atoms with Crippen molar-refractivity contribution in [1.82, 2.24) is 4.98 Å². The van der Waals surface area contributed by atoms with E-state index in [1.54, 1.807) is 6.07 Å². The maximum atomic E-state index is 6.03. The van der Waals surface area contributed by atoms with Crippen molar-refractivity contribution in [1.29, 1.82) is 0 Å². The summed E-state index contributed by atoms with van der Waals surface area (Å²) in [6.07, 6.45) is 0. The molecule has 0 atom stereocenters. The normalized spacial score (nSPS) is 11.1. The van der Waals surface area contributed by atoms with Gasteiger partial charge in [-0.15, -0.1) is 0 Å². The van der Waals surface area contributed by atoms with Crippen LogP contribution in [0.15, 0.2) is 16.6 Å². The number of rotatable bonds is 0. The molecule has 13 heavy (non-hydrogen) atoms. The van der Waals surface area contributed by atoms with Crippen molar-refractivity contribution in [3.63, 3.8) is 0 Å². The predicted molar refractivity (Wildman–Crippen MR) is 60.8 cm³/mol. The fourth-order valence-corrected chi connectivity index (χ4v) is 2.10. The number of hydrogen-bond donors (Lipinski definition) is 1. The first-order valence-corrected chi connectivity index (χ1v) is 5.28. The first kappa shape index (κ1) is 9.38. The van der Waals surface area contributed by atoms with Gasteiger partial charge >= 0.3 is 0 Å². The Labute approximate surface area is 94.2 Å². The van der Waals surface area contributed by atoms with Gasteiger partial charge in [0.2, 0.25) is 0 Å². The third-order valence-electron chi connectivity index (χ3n) is 1.97. The lowest BCUT2D eigenvalue weighted by Gasteiger charge is -1.96. The maximum Gasteiger partial charge on any atom is 0.0833 e. The highest BCUT2D eigenvalue weighted by Gasteiger charge is 2.10. The minimum absolute atomic E-state index is 0.572. The number of halogens is 3. The summed E-state index contributed by atoms with van der Waals surface area (Å²) in [5, 5.41) is 2.21. The number of aryl methyl sites for hydroxylation is 1. The van der Waals surface area contributed by atoms with Gasteiger partial charge in [0.05, 0.1) is 15.6 Å². The number of hydrogen-bond acceptors (Lipinski definition) is 0. The van der Waals surface area contributed by atoms with E-state index < -0.39 is 0 Å². The summed E-state index contributed by atoms with van der Waals surface area (Å²) in [4.78, 5) is 3.17. The van der Waals surface area contributed by atoms with E-state index in [0.717, 1.165) is 21.1 Å². The van der Waals surface area contributed by atoms with Gasteiger partial charge in [0.1, 0.15) is 0 Å². The second-order valence-electron chi connectivity index (χ2n) is 2.85. The number of benzene rings is 1. The zero-order chi connectivity index (χ0) is 9.59. The Hall–Kier alpha value is -0.180. The molecule has 0 saturated heterocycles. The highest BCUT2D eigenvalue weighted by Crippen LogP contribution is 2.35. The van der Waals surface area contributed by atoms with Crippen LogP contribution in [0.1, 0.15) is 5.69 Å². The van der Waals surface area contributed by atoms with Crippen molar-refractivity contribution >= 4 is 50.0 Å². The van der Waals surface area contributed by atoms with Gasteiger partial charge in [0.15, 0.2) is 0 Å². The van der Waals surface area contributed by atoms with Crippen LogP contribution in [0.25, 0.3) is 10.9 Å². The van der Waals surface area contributed by atoms with Gasteiger partial charge in [-0.1, -0.05) is 29.3 Å². The molecule has 0 saturated carbocycles. The molecule has 1 aromatic carbocycles. The third kappa shape index (κ3) is 1.37. The average molecular weight is 279 g/mol. The molecule has 1 N–H and O–H groups in total. The van der Waals surface area contributed by atoms with Crippen molar-refractivity contribution in [2.75, 3.05) is 0 Å². The van der Waals surface area contributed by atoms with E-state index >= 15 is 0 Å². The van der Waals surface area contributed by atoms with Crippen LogP contribution in [-0.4, -0.2) is 4.98 Å². The van der Waals surface area contributed by atoms with Gasteiger partial charge in [-0.3, -0.25) is 0 Å². The Bertz CT molecular complexity index is 476. The smallest absolute Gasteiger partial charge is 0.0833 e. The molecule has 1 nitrogen and oxygen atoms in total. The van der Waals surface area contributed by atoms with Gasteiger partial charge in [0, 0.05) is 15.6 Å². The standard InChI is InChI=1S/C9H6BrCl2N/c1-4-7(10)5-2-3-6(11)8(12)9(5)13-4/h2-3,13H,1H3. The fraction of sp³-hybridized carbons (Fsp3) is 0.111. The second kappa shape index (κ2) is 3.19. The van der Waals surface area contributed by atoms with Crippen molar-refractivity contribution in [2.24, 2.45) is 0 Å². The zero-order valence-electron chi connectivity index (χ0n) is 6.79. The van der Waals surface area contributed by atoms with Gasteiger partial charge in [-0.25, -0.2) is 0 Å². The molecular formula is C9H6BrCl2N. The SMILES string of the molecule is Cc1[nH]c2c(Cl)c(Cl)ccc2c1Br. The summed E-state index contributed by atoms with van der Waals surface area (Å²) >= 11 is 15.4. The van der Waals surface area contributed by atoms with E-state index in [9.17, 15) is 0 Å². The lowest BCUT2D eigenvalue weighted by molar-refractivity contribution is 1.28. The minimum atomic E-state index is 0.572. The minimum Gasteiger partial charge on any atom is -0.356 e. The van der Waals surface area contributed by atoms with Crippen LogP contribution >= 0.6 is 39.1 Å². The second-order valence-corrected chi connectivity index (χ2v) is 4.43. The van der Waals surface area contributed by atoms with E-state index in [2.05, 4.69) is 20.9 Å². The highest BCUT2D eigenvalue weighted by atomic mass is 79.9. The van der Waals surface area contributed by atoms with Gasteiger partial charge in [-0.05, 0) is 28.9 Å². The van der Waals surface area contributed by atoms with Crippen LogP contribution in [0.5, 0.6) is 0 Å². The molecule has 0 aliphatic heterocycles. The molecule has 1 heterocycles. The maximum absolute atomic E-state index is 6.03. The van der Waals surface area contributed by atoms with Gasteiger partial charge in [0.25, 0.3) is 0 Å². The predicted octanol–water partition coefficient (Wildman–Crippen LogP) is 4.55. The van der Waals surface area contributed by atoms with Gasteiger partial charge < -0.3 is 4.98 Å². The Morgan fingerprint density at radius 3 is 2.69 bits per heavy atom. The molecule has 0 aliphatic carbocycles. The van der Waals surface area contributed by atoms with Crippen molar-refractivity contribution in [3.05, 3.63) is 32.3 Å². The Morgan fingerprint density at radius 2 is 2.00 bits per heavy atom. The lowest BCUT2D eigenvalue weighted by atomic mass is 10.2. The molecule has 2 rings (SSSR count). The van der Waals surface area contributed by atoms with Crippen LogP contribution in [0.4, 0.5) is 0 Å². The number of aromatic amines is 1. The number of H-pyrrole nitrogens is 1. The molecule has 0 radical (unpaired) electrons. The molecule has 0 fully saturated rings. The topological polar surface area (TPSA) is 15.8 Å². The summed E-state index contributed by atoms with van der Waals surface area (Å²) in [5.41, 5.74) is 1.94. The Balaban J connectivity index is 2.94. The number of nitrogens with one attached hydrogen (secondary N) is 1. The van der Waals surface area contributed by atoms with Crippen LogP contribution in [0.2, 0.25) is 10.0 Å².